The summed E-state index contributed by atoms with van der Waals surface area (Å²) < 4.78 is 10.4. The van der Waals surface area contributed by atoms with Gasteiger partial charge in [-0.3, -0.25) is 4.79 Å². The SMILES string of the molecule is COc1ccc(C[C@H](C#N)C(=O)Nc2ccc(C)cn2)cc1OC. The lowest BCUT2D eigenvalue weighted by Gasteiger charge is -2.12. The first kappa shape index (κ1) is 17.3. The van der Waals surface area contributed by atoms with Crippen LogP contribution in [0.15, 0.2) is 36.5 Å². The van der Waals surface area contributed by atoms with Crippen LogP contribution in [-0.4, -0.2) is 25.1 Å². The Kier molecular flexibility index (Phi) is 5.74. The van der Waals surface area contributed by atoms with Crippen molar-refractivity contribution in [3.05, 3.63) is 47.7 Å². The molecular weight excluding hydrogens is 306 g/mol. The minimum atomic E-state index is -0.828. The van der Waals surface area contributed by atoms with E-state index in [2.05, 4.69) is 10.3 Å². The fourth-order valence-electron chi connectivity index (χ4n) is 2.20. The van der Waals surface area contributed by atoms with Crippen LogP contribution in [0.25, 0.3) is 0 Å². The maximum atomic E-state index is 12.3. The van der Waals surface area contributed by atoms with Gasteiger partial charge in [0.2, 0.25) is 5.91 Å². The number of nitriles is 1. The van der Waals surface area contributed by atoms with E-state index in [1.54, 1.807) is 38.6 Å². The molecule has 1 heterocycles. The third-order valence-electron chi connectivity index (χ3n) is 3.52. The molecule has 2 rings (SSSR count). The molecule has 0 unspecified atom stereocenters. The molecule has 1 aromatic carbocycles. The van der Waals surface area contributed by atoms with Crippen LogP contribution in [0.3, 0.4) is 0 Å². The van der Waals surface area contributed by atoms with Crippen molar-refractivity contribution in [2.24, 2.45) is 5.92 Å². The van der Waals surface area contributed by atoms with Gasteiger partial charge in [0.25, 0.3) is 0 Å². The summed E-state index contributed by atoms with van der Waals surface area (Å²) in [5, 5.41) is 12.0. The Morgan fingerprint density at radius 2 is 2.00 bits per heavy atom. The Hall–Kier alpha value is -3.07. The zero-order chi connectivity index (χ0) is 17.5. The van der Waals surface area contributed by atoms with Crippen molar-refractivity contribution in [2.75, 3.05) is 19.5 Å². The van der Waals surface area contributed by atoms with E-state index in [0.29, 0.717) is 17.3 Å². The van der Waals surface area contributed by atoms with E-state index in [0.717, 1.165) is 11.1 Å². The largest absolute Gasteiger partial charge is 0.493 e. The lowest BCUT2D eigenvalue weighted by Crippen LogP contribution is -2.24. The summed E-state index contributed by atoms with van der Waals surface area (Å²) in [6.45, 7) is 1.91. The number of aromatic nitrogens is 1. The zero-order valence-electron chi connectivity index (χ0n) is 13.9. The average Bonchev–Trinajstić information content (AvgIpc) is 2.61. The summed E-state index contributed by atoms with van der Waals surface area (Å²) in [5.41, 5.74) is 1.81. The van der Waals surface area contributed by atoms with Crippen LogP contribution < -0.4 is 14.8 Å². The minimum absolute atomic E-state index is 0.272. The molecule has 1 amide bonds. The highest BCUT2D eigenvalue weighted by atomic mass is 16.5. The van der Waals surface area contributed by atoms with E-state index in [1.807, 2.05) is 25.1 Å². The minimum Gasteiger partial charge on any atom is -0.493 e. The quantitative estimate of drug-likeness (QED) is 0.883. The number of amides is 1. The number of carbonyl (C=O) groups excluding carboxylic acids is 1. The number of anilines is 1. The Morgan fingerprint density at radius 1 is 1.25 bits per heavy atom. The monoisotopic (exact) mass is 325 g/mol. The first-order chi connectivity index (χ1) is 11.6. The molecule has 1 atom stereocenters. The van der Waals surface area contributed by atoms with Crippen LogP contribution in [0.5, 0.6) is 11.5 Å². The predicted molar refractivity (Wildman–Crippen MR) is 90.0 cm³/mol. The molecule has 6 nitrogen and oxygen atoms in total. The second-order valence-electron chi connectivity index (χ2n) is 5.29. The molecule has 0 spiro atoms. The molecule has 24 heavy (non-hydrogen) atoms. The van der Waals surface area contributed by atoms with E-state index in [4.69, 9.17) is 9.47 Å². The molecule has 0 saturated carbocycles. The molecule has 0 radical (unpaired) electrons. The van der Waals surface area contributed by atoms with Gasteiger partial charge in [0.15, 0.2) is 11.5 Å². The fraction of sp³-hybridized carbons (Fsp3) is 0.278. The molecular formula is C18H19N3O3. The number of methoxy groups -OCH3 is 2. The Balaban J connectivity index is 2.10. The number of benzene rings is 1. The molecule has 124 valence electrons. The molecule has 2 aromatic rings. The Labute approximate surface area is 141 Å². The van der Waals surface area contributed by atoms with E-state index in [-0.39, 0.29) is 12.3 Å². The highest BCUT2D eigenvalue weighted by Crippen LogP contribution is 2.28. The highest BCUT2D eigenvalue weighted by Gasteiger charge is 2.20. The van der Waals surface area contributed by atoms with Gasteiger partial charge in [-0.15, -0.1) is 0 Å². The van der Waals surface area contributed by atoms with Gasteiger partial charge in [-0.1, -0.05) is 12.1 Å². The molecule has 0 aliphatic carbocycles. The number of aryl methyl sites for hydroxylation is 1. The summed E-state index contributed by atoms with van der Waals surface area (Å²) in [7, 11) is 3.09. The van der Waals surface area contributed by atoms with Crippen molar-refractivity contribution in [3.63, 3.8) is 0 Å². The second-order valence-corrected chi connectivity index (χ2v) is 5.29. The molecule has 0 saturated heterocycles. The van der Waals surface area contributed by atoms with Gasteiger partial charge in [0.1, 0.15) is 11.7 Å². The van der Waals surface area contributed by atoms with Crippen LogP contribution in [0.1, 0.15) is 11.1 Å². The van der Waals surface area contributed by atoms with Gasteiger partial charge >= 0.3 is 0 Å². The summed E-state index contributed by atoms with van der Waals surface area (Å²) in [6.07, 6.45) is 1.93. The number of rotatable bonds is 6. The third kappa shape index (κ3) is 4.23. The number of ether oxygens (including phenoxy) is 2. The number of nitrogens with zero attached hydrogens (tertiary/aromatic N) is 2. The lowest BCUT2D eigenvalue weighted by atomic mass is 9.99. The van der Waals surface area contributed by atoms with Gasteiger partial charge < -0.3 is 14.8 Å². The maximum absolute atomic E-state index is 12.3. The van der Waals surface area contributed by atoms with Crippen LogP contribution in [-0.2, 0) is 11.2 Å². The zero-order valence-corrected chi connectivity index (χ0v) is 13.9. The standard InChI is InChI=1S/C18H19N3O3/c1-12-4-7-17(20-11-12)21-18(22)14(10-19)8-13-5-6-15(23-2)16(9-13)24-3/h4-7,9,11,14H,8H2,1-3H3,(H,20,21,22)/t14-/m1/s1. The van der Waals surface area contributed by atoms with E-state index in [1.165, 1.54) is 0 Å². The summed E-state index contributed by atoms with van der Waals surface area (Å²) in [4.78, 5) is 16.4. The van der Waals surface area contributed by atoms with Gasteiger partial charge in [-0.05, 0) is 42.7 Å². The number of hydrogen-bond donors (Lipinski definition) is 1. The molecule has 1 aromatic heterocycles. The van der Waals surface area contributed by atoms with Crippen LogP contribution in [0.2, 0.25) is 0 Å². The van der Waals surface area contributed by atoms with Crippen molar-refractivity contribution >= 4 is 11.7 Å². The van der Waals surface area contributed by atoms with Crippen LogP contribution >= 0.6 is 0 Å². The van der Waals surface area contributed by atoms with Crippen molar-refractivity contribution in [3.8, 4) is 17.6 Å². The van der Waals surface area contributed by atoms with Crippen molar-refractivity contribution < 1.29 is 14.3 Å². The van der Waals surface area contributed by atoms with Crippen molar-refractivity contribution in [2.45, 2.75) is 13.3 Å². The number of nitrogens with one attached hydrogen (secondary N) is 1. The normalized spacial score (nSPS) is 11.2. The molecule has 0 fully saturated rings. The van der Waals surface area contributed by atoms with Gasteiger partial charge in [-0.2, -0.15) is 5.26 Å². The lowest BCUT2D eigenvalue weighted by molar-refractivity contribution is -0.118. The highest BCUT2D eigenvalue weighted by molar-refractivity contribution is 5.93. The molecule has 6 heteroatoms. The fourth-order valence-corrected chi connectivity index (χ4v) is 2.20. The first-order valence-electron chi connectivity index (χ1n) is 7.41. The van der Waals surface area contributed by atoms with Gasteiger partial charge in [0, 0.05) is 6.20 Å². The molecule has 1 N–H and O–H groups in total. The summed E-state index contributed by atoms with van der Waals surface area (Å²) in [6, 6.07) is 10.9. The smallest absolute Gasteiger partial charge is 0.243 e. The van der Waals surface area contributed by atoms with Crippen LogP contribution in [0, 0.1) is 24.2 Å². The van der Waals surface area contributed by atoms with E-state index < -0.39 is 5.92 Å². The van der Waals surface area contributed by atoms with E-state index in [9.17, 15) is 10.1 Å². The average molecular weight is 325 g/mol. The topological polar surface area (TPSA) is 84.2 Å². The third-order valence-corrected chi connectivity index (χ3v) is 3.52. The Bertz CT molecular complexity index is 751. The summed E-state index contributed by atoms with van der Waals surface area (Å²) in [5.74, 6) is 0.378. The predicted octanol–water partition coefficient (Wildman–Crippen LogP) is 2.73. The first-order valence-corrected chi connectivity index (χ1v) is 7.41. The second kappa shape index (κ2) is 7.97. The summed E-state index contributed by atoms with van der Waals surface area (Å²) >= 11 is 0. The number of carbonyl (C=O) groups is 1. The van der Waals surface area contributed by atoms with Crippen molar-refractivity contribution in [1.29, 1.82) is 5.26 Å². The Morgan fingerprint density at radius 3 is 2.58 bits per heavy atom. The maximum Gasteiger partial charge on any atom is 0.243 e. The van der Waals surface area contributed by atoms with Crippen LogP contribution in [0.4, 0.5) is 5.82 Å². The van der Waals surface area contributed by atoms with Crippen molar-refractivity contribution in [1.82, 2.24) is 4.98 Å². The van der Waals surface area contributed by atoms with Gasteiger partial charge in [-0.25, -0.2) is 4.98 Å². The molecule has 0 bridgehead atoms. The molecule has 0 aliphatic rings. The molecule has 0 aliphatic heterocycles. The number of hydrogen-bond acceptors (Lipinski definition) is 5. The van der Waals surface area contributed by atoms with Gasteiger partial charge in [0.05, 0.1) is 20.3 Å². The number of pyridine rings is 1. The van der Waals surface area contributed by atoms with E-state index >= 15 is 0 Å².